The van der Waals surface area contributed by atoms with E-state index in [-0.39, 0.29) is 79.1 Å². The first kappa shape index (κ1) is 49.2. The molecule has 4 aromatic heterocycles. The molecule has 0 atom stereocenters. The number of carbonyl (C=O) groups is 4. The maximum Gasteiger partial charge on any atom is 0.311 e. The maximum atomic E-state index is 12.4. The molecule has 0 radical (unpaired) electrons. The molecule has 0 unspecified atom stereocenters. The van der Waals surface area contributed by atoms with Gasteiger partial charge in [-0.25, -0.2) is 9.97 Å². The highest BCUT2D eigenvalue weighted by atomic mass is 79.9. The highest BCUT2D eigenvalue weighted by Gasteiger charge is 2.23. The minimum Gasteiger partial charge on any atom is -1.00 e. The highest BCUT2D eigenvalue weighted by Crippen LogP contribution is 2.19. The Balaban J connectivity index is 0.000000521. The molecule has 2 amide bonds. The lowest BCUT2D eigenvalue weighted by molar-refractivity contribution is -0.687. The van der Waals surface area contributed by atoms with Crippen LogP contribution in [0.5, 0.6) is 0 Å². The van der Waals surface area contributed by atoms with Crippen LogP contribution < -0.4 is 49.2 Å². The normalized spacial score (nSPS) is 10.3. The molecular formula is C36H52BrClN6O6S4. The van der Waals surface area contributed by atoms with Crippen LogP contribution in [0, 0.1) is 0 Å². The number of halogens is 2. The van der Waals surface area contributed by atoms with Gasteiger partial charge in [0.15, 0.2) is 21.7 Å². The van der Waals surface area contributed by atoms with Crippen LogP contribution >= 0.6 is 45.3 Å². The van der Waals surface area contributed by atoms with Crippen molar-refractivity contribution in [3.8, 4) is 0 Å². The Morgan fingerprint density at radius 3 is 1.31 bits per heavy atom. The summed E-state index contributed by atoms with van der Waals surface area (Å²) in [6.07, 6.45) is 8.63. The van der Waals surface area contributed by atoms with E-state index in [1.807, 2.05) is 20.2 Å². The smallest absolute Gasteiger partial charge is 0.311 e. The number of hydrogen-bond donors (Lipinski definition) is 2. The zero-order valence-corrected chi connectivity index (χ0v) is 37.4. The van der Waals surface area contributed by atoms with Crippen molar-refractivity contribution in [3.05, 3.63) is 54.3 Å². The van der Waals surface area contributed by atoms with E-state index in [1.165, 1.54) is 43.8 Å². The number of aryl methyl sites for hydroxylation is 2. The Bertz CT molecular complexity index is 1620. The second kappa shape index (κ2) is 26.9. The SMILES string of the molecule is CCCc1sc[n+](CC(=O)Nc2nc(CC(=O)OCC)cs2)c1CCC.CCCc1sc[n+](CC(=O)Nc2nc(CC(=O)OCC)cs2)c1CCC.[Br-].[Cl-]. The summed E-state index contributed by atoms with van der Waals surface area (Å²) in [5.41, 5.74) is 7.81. The predicted octanol–water partition coefficient (Wildman–Crippen LogP) is 0.291. The van der Waals surface area contributed by atoms with Crippen molar-refractivity contribution >= 4 is 79.4 Å². The van der Waals surface area contributed by atoms with Crippen LogP contribution in [0.15, 0.2) is 21.8 Å². The maximum absolute atomic E-state index is 12.4. The minimum absolute atomic E-state index is 0. The molecule has 0 spiro atoms. The highest BCUT2D eigenvalue weighted by molar-refractivity contribution is 7.14. The summed E-state index contributed by atoms with van der Waals surface area (Å²) in [7, 11) is 0. The van der Waals surface area contributed by atoms with E-state index in [0.717, 1.165) is 51.4 Å². The van der Waals surface area contributed by atoms with E-state index in [4.69, 9.17) is 9.47 Å². The van der Waals surface area contributed by atoms with Crippen molar-refractivity contribution in [3.63, 3.8) is 0 Å². The third-order valence-corrected chi connectivity index (χ3v) is 11.2. The summed E-state index contributed by atoms with van der Waals surface area (Å²) in [5.74, 6) is -0.829. The van der Waals surface area contributed by atoms with Crippen LogP contribution in [0.3, 0.4) is 0 Å². The van der Waals surface area contributed by atoms with Gasteiger partial charge in [0.25, 0.3) is 11.8 Å². The van der Waals surface area contributed by atoms with Crippen LogP contribution in [0.1, 0.15) is 99.8 Å². The monoisotopic (exact) mass is 906 g/mol. The quantitative estimate of drug-likeness (QED) is 0.0953. The van der Waals surface area contributed by atoms with Crippen molar-refractivity contribution in [1.82, 2.24) is 9.97 Å². The first-order valence-corrected chi connectivity index (χ1v) is 21.4. The Morgan fingerprint density at radius 1 is 0.611 bits per heavy atom. The fraction of sp³-hybridized carbons (Fsp3) is 0.556. The van der Waals surface area contributed by atoms with Gasteiger partial charge in [0, 0.05) is 23.6 Å². The Kier molecular flexibility index (Phi) is 24.5. The largest absolute Gasteiger partial charge is 1.00 e. The summed E-state index contributed by atoms with van der Waals surface area (Å²) in [6, 6.07) is 0. The number of nitrogens with zero attached hydrogens (tertiary/aromatic N) is 4. The standard InChI is InChI=1S/2C18H25N3O3S2.BrH.ClH/c2*1-4-7-14-15(8-5-2)26-12-21(14)10-16(22)20-18-19-13(11-25-18)9-17(23)24-6-3;;/h2*11-12H,4-10H2,1-3H3;2*1H. The lowest BCUT2D eigenvalue weighted by Crippen LogP contribution is -3.00. The Morgan fingerprint density at radius 2 is 0.981 bits per heavy atom. The van der Waals surface area contributed by atoms with Gasteiger partial charge >= 0.3 is 11.9 Å². The van der Waals surface area contributed by atoms with Crippen molar-refractivity contribution in [2.75, 3.05) is 23.8 Å². The second-order valence-corrected chi connectivity index (χ2v) is 15.4. The molecule has 54 heavy (non-hydrogen) atoms. The molecule has 0 aromatic carbocycles. The molecule has 0 aliphatic heterocycles. The van der Waals surface area contributed by atoms with Crippen molar-refractivity contribution in [1.29, 1.82) is 0 Å². The molecule has 0 bridgehead atoms. The molecule has 4 aromatic rings. The van der Waals surface area contributed by atoms with Gasteiger partial charge in [-0.05, 0) is 39.5 Å². The van der Waals surface area contributed by atoms with Gasteiger partial charge in [-0.2, -0.15) is 9.13 Å². The fourth-order valence-corrected chi connectivity index (χ4v) is 8.96. The van der Waals surface area contributed by atoms with Gasteiger partial charge in [-0.3, -0.25) is 29.8 Å². The molecule has 0 saturated heterocycles. The van der Waals surface area contributed by atoms with Crippen LogP contribution in [-0.4, -0.2) is 46.9 Å². The molecule has 4 rings (SSSR count). The predicted molar refractivity (Wildman–Crippen MR) is 207 cm³/mol. The molecule has 0 aliphatic carbocycles. The minimum atomic E-state index is -0.308. The molecule has 18 heteroatoms. The van der Waals surface area contributed by atoms with E-state index < -0.39 is 0 Å². The van der Waals surface area contributed by atoms with Crippen LogP contribution in [0.2, 0.25) is 0 Å². The van der Waals surface area contributed by atoms with Crippen molar-refractivity contribution in [2.45, 2.75) is 119 Å². The van der Waals surface area contributed by atoms with E-state index in [1.54, 1.807) is 47.3 Å². The molecule has 0 saturated carbocycles. The third-order valence-electron chi connectivity index (χ3n) is 7.39. The molecule has 0 aliphatic rings. The van der Waals surface area contributed by atoms with Gasteiger partial charge in [0.2, 0.25) is 24.1 Å². The molecule has 300 valence electrons. The van der Waals surface area contributed by atoms with Crippen molar-refractivity contribution in [2.24, 2.45) is 0 Å². The van der Waals surface area contributed by atoms with Gasteiger partial charge in [0.05, 0.1) is 47.2 Å². The van der Waals surface area contributed by atoms with E-state index in [9.17, 15) is 19.2 Å². The third kappa shape index (κ3) is 16.5. The summed E-state index contributed by atoms with van der Waals surface area (Å²) >= 11 is 6.08. The average molecular weight is 908 g/mol. The number of rotatable bonds is 20. The number of anilines is 2. The molecular weight excluding hydrogens is 856 g/mol. The number of aromatic nitrogens is 4. The summed E-state index contributed by atoms with van der Waals surface area (Å²) in [5, 5.41) is 10.2. The summed E-state index contributed by atoms with van der Waals surface area (Å²) in [4.78, 5) is 59.1. The van der Waals surface area contributed by atoms with Crippen LogP contribution in [0.4, 0.5) is 10.3 Å². The Labute approximate surface area is 351 Å². The molecule has 12 nitrogen and oxygen atoms in total. The van der Waals surface area contributed by atoms with E-state index in [2.05, 4.69) is 48.3 Å². The van der Waals surface area contributed by atoms with Gasteiger partial charge in [-0.1, -0.05) is 63.2 Å². The average Bonchev–Trinajstić information content (AvgIpc) is 3.89. The zero-order valence-electron chi connectivity index (χ0n) is 31.8. The summed E-state index contributed by atoms with van der Waals surface area (Å²) in [6.45, 7) is 13.4. The number of carbonyl (C=O) groups excluding carboxylic acids is 4. The molecule has 0 fully saturated rings. The van der Waals surface area contributed by atoms with E-state index >= 15 is 0 Å². The Hall–Kier alpha value is -2.83. The fourth-order valence-electron chi connectivity index (χ4n) is 5.24. The lowest BCUT2D eigenvalue weighted by Gasteiger charge is -2.01. The van der Waals surface area contributed by atoms with Gasteiger partial charge in [-0.15, -0.1) is 22.7 Å². The van der Waals surface area contributed by atoms with Crippen LogP contribution in [-0.2, 0) is 80.3 Å². The second-order valence-electron chi connectivity index (χ2n) is 11.8. The zero-order chi connectivity index (χ0) is 37.9. The molecule has 4 heterocycles. The van der Waals surface area contributed by atoms with Gasteiger partial charge in [0.1, 0.15) is 0 Å². The number of ether oxygens (including phenoxy) is 2. The number of amides is 2. The number of thiazole rings is 4. The van der Waals surface area contributed by atoms with E-state index in [0.29, 0.717) is 34.9 Å². The molecule has 2 N–H and O–H groups in total. The van der Waals surface area contributed by atoms with Crippen molar-refractivity contribution < 1.29 is 67.2 Å². The number of nitrogens with one attached hydrogen (secondary N) is 2. The number of esters is 2. The van der Waals surface area contributed by atoms with Crippen LogP contribution in [0.25, 0.3) is 0 Å². The lowest BCUT2D eigenvalue weighted by atomic mass is 10.1. The topological polar surface area (TPSA) is 144 Å². The first-order chi connectivity index (χ1) is 25.1. The number of hydrogen-bond acceptors (Lipinski definition) is 12. The first-order valence-electron chi connectivity index (χ1n) is 17.9. The van der Waals surface area contributed by atoms with Gasteiger partial charge < -0.3 is 38.9 Å². The summed E-state index contributed by atoms with van der Waals surface area (Å²) < 4.78 is 13.9.